The molecule has 2 aromatic carbocycles. The molecule has 5 heteroatoms. The van der Waals surface area contributed by atoms with Crippen molar-refractivity contribution in [3.05, 3.63) is 63.6 Å². The smallest absolute Gasteiger partial charge is 0.119 e. The molecular formula is C16H18Cl2N2O. The lowest BCUT2D eigenvalue weighted by atomic mass is 9.99. The van der Waals surface area contributed by atoms with Crippen LogP contribution < -0.4 is 16.0 Å². The molecule has 0 aliphatic rings. The average molecular weight is 325 g/mol. The van der Waals surface area contributed by atoms with Gasteiger partial charge in [-0.2, -0.15) is 0 Å². The Balaban J connectivity index is 2.23. The predicted molar refractivity (Wildman–Crippen MR) is 87.8 cm³/mol. The predicted octanol–water partition coefficient (Wildman–Crippen LogP) is 4.14. The summed E-state index contributed by atoms with van der Waals surface area (Å²) >= 11 is 12.2. The molecule has 3 N–H and O–H groups in total. The first-order valence-corrected chi connectivity index (χ1v) is 7.52. The van der Waals surface area contributed by atoms with E-state index in [0.29, 0.717) is 23.1 Å². The summed E-state index contributed by atoms with van der Waals surface area (Å²) in [5, 5.41) is 1.34. The normalized spacial score (nSPS) is 12.2. The number of nitrogens with two attached hydrogens (primary N) is 1. The molecule has 3 nitrogen and oxygen atoms in total. The van der Waals surface area contributed by atoms with Crippen molar-refractivity contribution in [1.82, 2.24) is 5.43 Å². The molecule has 2 rings (SSSR count). The van der Waals surface area contributed by atoms with E-state index >= 15 is 0 Å². The van der Waals surface area contributed by atoms with Gasteiger partial charge in [-0.1, -0.05) is 35.3 Å². The molecule has 0 aliphatic heterocycles. The van der Waals surface area contributed by atoms with Crippen LogP contribution in [0.5, 0.6) is 5.75 Å². The molecule has 21 heavy (non-hydrogen) atoms. The van der Waals surface area contributed by atoms with E-state index in [1.54, 1.807) is 12.1 Å². The maximum absolute atomic E-state index is 6.21. The van der Waals surface area contributed by atoms with Crippen molar-refractivity contribution in [1.29, 1.82) is 0 Å². The standard InChI is InChI=1S/C16H18Cl2N2O/c1-2-21-14-5-3-4-11(9-14)16(20-19)10-12-8-13(17)6-7-15(12)18/h3-9,16,20H,2,10,19H2,1H3. The Bertz CT molecular complexity index is 605. The van der Waals surface area contributed by atoms with Crippen LogP contribution in [0.4, 0.5) is 0 Å². The zero-order valence-corrected chi connectivity index (χ0v) is 13.3. The maximum Gasteiger partial charge on any atom is 0.119 e. The van der Waals surface area contributed by atoms with Crippen LogP contribution >= 0.6 is 23.2 Å². The number of rotatable bonds is 6. The van der Waals surface area contributed by atoms with Gasteiger partial charge >= 0.3 is 0 Å². The summed E-state index contributed by atoms with van der Waals surface area (Å²) in [7, 11) is 0. The van der Waals surface area contributed by atoms with Crippen LogP contribution in [0.1, 0.15) is 24.1 Å². The fraction of sp³-hybridized carbons (Fsp3) is 0.250. The lowest BCUT2D eigenvalue weighted by molar-refractivity contribution is 0.339. The summed E-state index contributed by atoms with van der Waals surface area (Å²) in [6, 6.07) is 13.2. The van der Waals surface area contributed by atoms with Crippen molar-refractivity contribution >= 4 is 23.2 Å². The quantitative estimate of drug-likeness (QED) is 0.620. The molecule has 0 fully saturated rings. The lowest BCUT2D eigenvalue weighted by Gasteiger charge is -2.18. The molecule has 0 radical (unpaired) electrons. The number of hydrogen-bond donors (Lipinski definition) is 2. The number of hydrazine groups is 1. The summed E-state index contributed by atoms with van der Waals surface area (Å²) in [6.07, 6.45) is 0.644. The fourth-order valence-corrected chi connectivity index (χ4v) is 2.57. The highest BCUT2D eigenvalue weighted by atomic mass is 35.5. The van der Waals surface area contributed by atoms with E-state index in [-0.39, 0.29) is 6.04 Å². The minimum Gasteiger partial charge on any atom is -0.494 e. The second-order valence-electron chi connectivity index (χ2n) is 4.66. The van der Waals surface area contributed by atoms with Crippen molar-refractivity contribution in [2.75, 3.05) is 6.61 Å². The number of nitrogens with one attached hydrogen (secondary N) is 1. The van der Waals surface area contributed by atoms with Crippen LogP contribution in [0, 0.1) is 0 Å². The van der Waals surface area contributed by atoms with E-state index < -0.39 is 0 Å². The molecule has 0 heterocycles. The summed E-state index contributed by atoms with van der Waals surface area (Å²) in [5.74, 6) is 6.52. The largest absolute Gasteiger partial charge is 0.494 e. The molecule has 0 saturated carbocycles. The van der Waals surface area contributed by atoms with E-state index in [1.807, 2.05) is 37.3 Å². The zero-order valence-electron chi connectivity index (χ0n) is 11.8. The molecule has 0 aliphatic carbocycles. The summed E-state index contributed by atoms with van der Waals surface area (Å²) in [5.41, 5.74) is 4.82. The van der Waals surface area contributed by atoms with Crippen molar-refractivity contribution in [2.24, 2.45) is 5.84 Å². The Hall–Kier alpha value is -1.26. The van der Waals surface area contributed by atoms with Crippen LogP contribution in [0.15, 0.2) is 42.5 Å². The first-order valence-electron chi connectivity index (χ1n) is 6.77. The summed E-state index contributed by atoms with van der Waals surface area (Å²) < 4.78 is 5.52. The van der Waals surface area contributed by atoms with Gasteiger partial charge in [-0.3, -0.25) is 11.3 Å². The Kier molecular flexibility index (Phi) is 5.88. The Morgan fingerprint density at radius 1 is 1.19 bits per heavy atom. The van der Waals surface area contributed by atoms with Gasteiger partial charge < -0.3 is 4.74 Å². The number of halogens is 2. The van der Waals surface area contributed by atoms with Gasteiger partial charge in [0.1, 0.15) is 5.75 Å². The molecule has 1 unspecified atom stereocenters. The van der Waals surface area contributed by atoms with E-state index in [2.05, 4.69) is 5.43 Å². The fourth-order valence-electron chi connectivity index (χ4n) is 2.18. The van der Waals surface area contributed by atoms with Gasteiger partial charge in [0.25, 0.3) is 0 Å². The second-order valence-corrected chi connectivity index (χ2v) is 5.51. The first kappa shape index (κ1) is 16.1. The second kappa shape index (κ2) is 7.66. The molecule has 0 bridgehead atoms. The SMILES string of the molecule is CCOc1cccc(C(Cc2cc(Cl)ccc2Cl)NN)c1. The topological polar surface area (TPSA) is 47.3 Å². The van der Waals surface area contributed by atoms with Crippen LogP contribution in [0.25, 0.3) is 0 Å². The van der Waals surface area contributed by atoms with Gasteiger partial charge in [-0.25, -0.2) is 0 Å². The highest BCUT2D eigenvalue weighted by Gasteiger charge is 2.13. The number of ether oxygens (including phenoxy) is 1. The third kappa shape index (κ3) is 4.35. The average Bonchev–Trinajstić information content (AvgIpc) is 2.49. The highest BCUT2D eigenvalue weighted by Crippen LogP contribution is 2.27. The third-order valence-corrected chi connectivity index (χ3v) is 3.81. The van der Waals surface area contributed by atoms with Gasteiger partial charge in [0, 0.05) is 10.0 Å². The van der Waals surface area contributed by atoms with E-state index in [0.717, 1.165) is 16.9 Å². The monoisotopic (exact) mass is 324 g/mol. The van der Waals surface area contributed by atoms with E-state index in [9.17, 15) is 0 Å². The molecule has 0 spiro atoms. The molecule has 0 aromatic heterocycles. The Morgan fingerprint density at radius 3 is 2.71 bits per heavy atom. The first-order chi connectivity index (χ1) is 10.1. The van der Waals surface area contributed by atoms with Gasteiger partial charge in [-0.15, -0.1) is 0 Å². The summed E-state index contributed by atoms with van der Waals surface area (Å²) in [6.45, 7) is 2.58. The molecule has 0 saturated heterocycles. The van der Waals surface area contributed by atoms with Crippen LogP contribution in [0.3, 0.4) is 0 Å². The van der Waals surface area contributed by atoms with Gasteiger partial charge in [0.15, 0.2) is 0 Å². The Morgan fingerprint density at radius 2 is 2.00 bits per heavy atom. The van der Waals surface area contributed by atoms with Gasteiger partial charge in [0.2, 0.25) is 0 Å². The minimum absolute atomic E-state index is 0.0682. The zero-order chi connectivity index (χ0) is 15.2. The maximum atomic E-state index is 6.21. The van der Waals surface area contributed by atoms with Gasteiger partial charge in [-0.05, 0) is 54.8 Å². The van der Waals surface area contributed by atoms with Crippen molar-refractivity contribution in [3.8, 4) is 5.75 Å². The molecule has 2 aromatic rings. The summed E-state index contributed by atoms with van der Waals surface area (Å²) in [4.78, 5) is 0. The van der Waals surface area contributed by atoms with Crippen molar-refractivity contribution in [3.63, 3.8) is 0 Å². The molecular weight excluding hydrogens is 307 g/mol. The van der Waals surface area contributed by atoms with Gasteiger partial charge in [0.05, 0.1) is 12.6 Å². The van der Waals surface area contributed by atoms with Crippen molar-refractivity contribution in [2.45, 2.75) is 19.4 Å². The van der Waals surface area contributed by atoms with Crippen molar-refractivity contribution < 1.29 is 4.74 Å². The highest BCUT2D eigenvalue weighted by molar-refractivity contribution is 6.33. The number of hydrogen-bond acceptors (Lipinski definition) is 3. The molecule has 0 amide bonds. The van der Waals surface area contributed by atoms with Crippen LogP contribution in [-0.4, -0.2) is 6.61 Å². The minimum atomic E-state index is -0.0682. The Labute approximate surface area is 135 Å². The van der Waals surface area contributed by atoms with E-state index in [4.69, 9.17) is 33.8 Å². The molecule has 112 valence electrons. The van der Waals surface area contributed by atoms with Crippen LogP contribution in [0.2, 0.25) is 10.0 Å². The van der Waals surface area contributed by atoms with Crippen LogP contribution in [-0.2, 0) is 6.42 Å². The lowest BCUT2D eigenvalue weighted by Crippen LogP contribution is -2.29. The third-order valence-electron chi connectivity index (χ3n) is 3.20. The van der Waals surface area contributed by atoms with E-state index in [1.165, 1.54) is 0 Å². The molecule has 1 atom stereocenters. The number of benzene rings is 2.